The van der Waals surface area contributed by atoms with Crippen molar-refractivity contribution < 1.29 is 14.3 Å². The number of hydrogen-bond acceptors (Lipinski definition) is 5. The summed E-state index contributed by atoms with van der Waals surface area (Å²) in [6.07, 6.45) is 5.70. The van der Waals surface area contributed by atoms with Crippen molar-refractivity contribution in [1.82, 2.24) is 14.8 Å². The molecule has 2 rings (SSSR count). The van der Waals surface area contributed by atoms with Crippen LogP contribution < -0.4 is 4.74 Å². The van der Waals surface area contributed by atoms with Gasteiger partial charge in [-0.25, -0.2) is 4.79 Å². The molecular formula is C18H24ClN3O3. The van der Waals surface area contributed by atoms with Gasteiger partial charge >= 0.3 is 5.97 Å². The highest BCUT2D eigenvalue weighted by Crippen LogP contribution is 2.22. The largest absolute Gasteiger partial charge is 0.465 e. The summed E-state index contributed by atoms with van der Waals surface area (Å²) in [5, 5.41) is 4.80. The smallest absolute Gasteiger partial charge is 0.344 e. The fourth-order valence-corrected chi connectivity index (χ4v) is 2.52. The number of pyridine rings is 1. The van der Waals surface area contributed by atoms with E-state index < -0.39 is 0 Å². The first-order valence-electron chi connectivity index (χ1n) is 8.47. The van der Waals surface area contributed by atoms with Gasteiger partial charge in [0.1, 0.15) is 0 Å². The molecule has 0 aliphatic heterocycles. The Balaban J connectivity index is 1.86. The summed E-state index contributed by atoms with van der Waals surface area (Å²) in [5.41, 5.74) is 1.49. The fraction of sp³-hybridized carbons (Fsp3) is 0.500. The van der Waals surface area contributed by atoms with Gasteiger partial charge in [0.15, 0.2) is 6.61 Å². The summed E-state index contributed by atoms with van der Waals surface area (Å²) in [4.78, 5) is 16.1. The van der Waals surface area contributed by atoms with E-state index in [1.165, 1.54) is 0 Å². The van der Waals surface area contributed by atoms with Crippen molar-refractivity contribution in [2.75, 3.05) is 6.61 Å². The molecule has 136 valence electrons. The zero-order valence-corrected chi connectivity index (χ0v) is 15.6. The van der Waals surface area contributed by atoms with Crippen molar-refractivity contribution in [3.63, 3.8) is 0 Å². The highest BCUT2D eigenvalue weighted by Gasteiger charge is 2.13. The van der Waals surface area contributed by atoms with Crippen LogP contribution in [-0.4, -0.2) is 33.4 Å². The SMILES string of the molecule is CCCCCC(C)OC(=O)COc1cc(-c2ccc(Cl)cn2)n(C)n1. The quantitative estimate of drug-likeness (QED) is 0.496. The van der Waals surface area contributed by atoms with Crippen molar-refractivity contribution >= 4 is 17.6 Å². The highest BCUT2D eigenvalue weighted by molar-refractivity contribution is 6.30. The Morgan fingerprint density at radius 1 is 1.36 bits per heavy atom. The van der Waals surface area contributed by atoms with E-state index in [0.717, 1.165) is 37.1 Å². The second-order valence-electron chi connectivity index (χ2n) is 5.94. The first kappa shape index (κ1) is 19.2. The van der Waals surface area contributed by atoms with Crippen molar-refractivity contribution in [3.05, 3.63) is 29.4 Å². The molecule has 0 aliphatic rings. The number of aromatic nitrogens is 3. The van der Waals surface area contributed by atoms with Crippen LogP contribution in [-0.2, 0) is 16.6 Å². The van der Waals surface area contributed by atoms with Gasteiger partial charge in [-0.2, -0.15) is 0 Å². The van der Waals surface area contributed by atoms with E-state index in [-0.39, 0.29) is 18.7 Å². The molecule has 1 atom stereocenters. The minimum Gasteiger partial charge on any atom is -0.465 e. The van der Waals surface area contributed by atoms with Crippen LogP contribution in [0.2, 0.25) is 5.02 Å². The number of hydrogen-bond donors (Lipinski definition) is 0. The van der Waals surface area contributed by atoms with Crippen molar-refractivity contribution in [3.8, 4) is 17.3 Å². The van der Waals surface area contributed by atoms with Gasteiger partial charge in [0.2, 0.25) is 5.88 Å². The third-order valence-electron chi connectivity index (χ3n) is 3.73. The Labute approximate surface area is 153 Å². The van der Waals surface area contributed by atoms with E-state index in [1.807, 2.05) is 6.92 Å². The topological polar surface area (TPSA) is 66.2 Å². The monoisotopic (exact) mass is 365 g/mol. The van der Waals surface area contributed by atoms with Crippen LogP contribution in [0.5, 0.6) is 5.88 Å². The second kappa shape index (κ2) is 9.42. The lowest BCUT2D eigenvalue weighted by Crippen LogP contribution is -2.20. The summed E-state index contributed by atoms with van der Waals surface area (Å²) in [6, 6.07) is 5.29. The molecule has 2 aromatic rings. The third-order valence-corrected chi connectivity index (χ3v) is 3.96. The molecule has 0 saturated heterocycles. The van der Waals surface area contributed by atoms with Crippen LogP contribution in [0, 0.1) is 0 Å². The number of carbonyl (C=O) groups excluding carboxylic acids is 1. The van der Waals surface area contributed by atoms with E-state index >= 15 is 0 Å². The third kappa shape index (κ3) is 6.05. The summed E-state index contributed by atoms with van der Waals surface area (Å²) in [6.45, 7) is 3.88. The Kier molecular flexibility index (Phi) is 7.25. The predicted octanol–water partition coefficient (Wildman–Crippen LogP) is 4.03. The Bertz CT molecular complexity index is 685. The van der Waals surface area contributed by atoms with E-state index in [1.54, 1.807) is 36.1 Å². The van der Waals surface area contributed by atoms with Crippen LogP contribution >= 0.6 is 11.6 Å². The van der Waals surface area contributed by atoms with Crippen molar-refractivity contribution in [1.29, 1.82) is 0 Å². The van der Waals surface area contributed by atoms with Crippen LogP contribution in [0.25, 0.3) is 11.4 Å². The van der Waals surface area contributed by atoms with Crippen LogP contribution in [0.15, 0.2) is 24.4 Å². The number of aryl methyl sites for hydroxylation is 1. The Hall–Kier alpha value is -2.08. The second-order valence-corrected chi connectivity index (χ2v) is 6.37. The molecule has 0 radical (unpaired) electrons. The van der Waals surface area contributed by atoms with Gasteiger partial charge < -0.3 is 9.47 Å². The number of nitrogens with zero attached hydrogens (tertiary/aromatic N) is 3. The molecule has 0 fully saturated rings. The molecular weight excluding hydrogens is 342 g/mol. The number of rotatable bonds is 9. The Morgan fingerprint density at radius 2 is 2.16 bits per heavy atom. The van der Waals surface area contributed by atoms with Crippen LogP contribution in [0.3, 0.4) is 0 Å². The van der Waals surface area contributed by atoms with Crippen molar-refractivity contribution in [2.45, 2.75) is 45.6 Å². The molecule has 0 saturated carbocycles. The van der Waals surface area contributed by atoms with Gasteiger partial charge in [-0.15, -0.1) is 5.10 Å². The maximum atomic E-state index is 11.8. The average molecular weight is 366 g/mol. The zero-order valence-electron chi connectivity index (χ0n) is 14.9. The summed E-state index contributed by atoms with van der Waals surface area (Å²) >= 11 is 5.85. The molecule has 7 heteroatoms. The predicted molar refractivity (Wildman–Crippen MR) is 96.6 cm³/mol. The van der Waals surface area contributed by atoms with Gasteiger partial charge in [-0.3, -0.25) is 9.67 Å². The van der Waals surface area contributed by atoms with E-state index in [4.69, 9.17) is 21.1 Å². The molecule has 2 heterocycles. The summed E-state index contributed by atoms with van der Waals surface area (Å²) in [7, 11) is 1.78. The van der Waals surface area contributed by atoms with E-state index in [0.29, 0.717) is 10.9 Å². The molecule has 0 N–H and O–H groups in total. The Morgan fingerprint density at radius 3 is 2.84 bits per heavy atom. The normalized spacial score (nSPS) is 12.0. The maximum Gasteiger partial charge on any atom is 0.344 e. The number of halogens is 1. The zero-order chi connectivity index (χ0) is 18.2. The van der Waals surface area contributed by atoms with Crippen molar-refractivity contribution in [2.24, 2.45) is 7.05 Å². The van der Waals surface area contributed by atoms with Gasteiger partial charge in [-0.05, 0) is 31.9 Å². The van der Waals surface area contributed by atoms with Gasteiger partial charge in [-0.1, -0.05) is 31.4 Å². The summed E-state index contributed by atoms with van der Waals surface area (Å²) in [5.74, 6) is -0.0364. The van der Waals surface area contributed by atoms with Gasteiger partial charge in [0, 0.05) is 19.3 Å². The molecule has 6 nitrogen and oxygen atoms in total. The number of unbranched alkanes of at least 4 members (excludes halogenated alkanes) is 2. The molecule has 0 aromatic carbocycles. The standard InChI is InChI=1S/C18H24ClN3O3/c1-4-5-6-7-13(2)25-18(23)12-24-17-10-16(22(3)21-17)15-9-8-14(19)11-20-15/h8-11,13H,4-7,12H2,1-3H3. The molecule has 0 amide bonds. The van der Waals surface area contributed by atoms with E-state index in [9.17, 15) is 4.79 Å². The minimum absolute atomic E-state index is 0.0970. The average Bonchev–Trinajstić information content (AvgIpc) is 2.95. The molecule has 2 aromatic heterocycles. The lowest BCUT2D eigenvalue weighted by atomic mass is 10.1. The number of carbonyl (C=O) groups is 1. The molecule has 0 spiro atoms. The summed E-state index contributed by atoms with van der Waals surface area (Å²) < 4.78 is 12.4. The first-order valence-corrected chi connectivity index (χ1v) is 8.85. The van der Waals surface area contributed by atoms with Crippen LogP contribution in [0.4, 0.5) is 0 Å². The lowest BCUT2D eigenvalue weighted by Gasteiger charge is -2.12. The first-order chi connectivity index (χ1) is 12.0. The van der Waals surface area contributed by atoms with Crippen LogP contribution in [0.1, 0.15) is 39.5 Å². The molecule has 1 unspecified atom stereocenters. The maximum absolute atomic E-state index is 11.8. The van der Waals surface area contributed by atoms with Gasteiger partial charge in [0.25, 0.3) is 0 Å². The number of esters is 1. The molecule has 0 bridgehead atoms. The molecule has 0 aliphatic carbocycles. The van der Waals surface area contributed by atoms with E-state index in [2.05, 4.69) is 17.0 Å². The van der Waals surface area contributed by atoms with Gasteiger partial charge in [0.05, 0.1) is 22.5 Å². The lowest BCUT2D eigenvalue weighted by molar-refractivity contribution is -0.151. The highest BCUT2D eigenvalue weighted by atomic mass is 35.5. The number of ether oxygens (including phenoxy) is 2. The fourth-order valence-electron chi connectivity index (χ4n) is 2.41. The minimum atomic E-state index is -0.388. The molecule has 25 heavy (non-hydrogen) atoms.